The molecular formula is C20H25N3O. The minimum Gasteiger partial charge on any atom is -0.335 e. The van der Waals surface area contributed by atoms with E-state index in [4.69, 9.17) is 0 Å². The van der Waals surface area contributed by atoms with Crippen LogP contribution < -0.4 is 0 Å². The number of carbonyl (C=O) groups is 1. The maximum absolute atomic E-state index is 13.0. The standard InChI is InChI=1S/C20H25N3O/c1-19(2)10-17-11-20(3,12-19)13-23(17)18(24)15-4-6-16(7-5-15)22-9-8-21-14-22/h4-9,14,17H,10-13H2,1-3H3. The number of benzene rings is 1. The minimum absolute atomic E-state index is 0.179. The number of fused-ring (bicyclic) bond motifs is 2. The largest absolute Gasteiger partial charge is 0.335 e. The lowest BCUT2D eigenvalue weighted by Gasteiger charge is -2.39. The summed E-state index contributed by atoms with van der Waals surface area (Å²) in [6.45, 7) is 7.91. The van der Waals surface area contributed by atoms with E-state index in [1.54, 1.807) is 12.5 Å². The first-order chi connectivity index (χ1) is 11.4. The number of carbonyl (C=O) groups excluding carboxylic acids is 1. The fraction of sp³-hybridized carbons (Fsp3) is 0.500. The Morgan fingerprint density at radius 1 is 1.17 bits per heavy atom. The van der Waals surface area contributed by atoms with E-state index in [2.05, 4.69) is 30.7 Å². The maximum atomic E-state index is 13.0. The number of rotatable bonds is 2. The first-order valence-corrected chi connectivity index (χ1v) is 8.75. The molecule has 4 rings (SSSR count). The zero-order valence-electron chi connectivity index (χ0n) is 14.7. The Kier molecular flexibility index (Phi) is 3.34. The van der Waals surface area contributed by atoms with Crippen molar-refractivity contribution in [1.29, 1.82) is 0 Å². The fourth-order valence-electron chi connectivity index (χ4n) is 5.05. The molecule has 2 fully saturated rings. The van der Waals surface area contributed by atoms with Crippen LogP contribution in [-0.2, 0) is 0 Å². The number of nitrogens with zero attached hydrogens (tertiary/aromatic N) is 3. The van der Waals surface area contributed by atoms with Gasteiger partial charge in [0.2, 0.25) is 0 Å². The van der Waals surface area contributed by atoms with Gasteiger partial charge in [0.15, 0.2) is 0 Å². The highest BCUT2D eigenvalue weighted by Gasteiger charge is 2.50. The Balaban J connectivity index is 1.56. The summed E-state index contributed by atoms with van der Waals surface area (Å²) in [5.41, 5.74) is 2.42. The van der Waals surface area contributed by atoms with Crippen molar-refractivity contribution in [2.75, 3.05) is 6.54 Å². The fourth-order valence-corrected chi connectivity index (χ4v) is 5.05. The molecule has 2 unspecified atom stereocenters. The van der Waals surface area contributed by atoms with Crippen LogP contribution in [0.4, 0.5) is 0 Å². The van der Waals surface area contributed by atoms with Crippen molar-refractivity contribution in [2.24, 2.45) is 10.8 Å². The second-order valence-corrected chi connectivity index (χ2v) is 8.66. The Hall–Kier alpha value is -2.10. The molecule has 0 N–H and O–H groups in total. The molecule has 2 heterocycles. The number of amides is 1. The second-order valence-electron chi connectivity index (χ2n) is 8.66. The van der Waals surface area contributed by atoms with Gasteiger partial charge in [-0.3, -0.25) is 4.79 Å². The summed E-state index contributed by atoms with van der Waals surface area (Å²) >= 11 is 0. The van der Waals surface area contributed by atoms with Crippen LogP contribution in [0.5, 0.6) is 0 Å². The Bertz CT molecular complexity index is 748. The molecule has 1 amide bonds. The molecule has 2 atom stereocenters. The van der Waals surface area contributed by atoms with Crippen LogP contribution in [0, 0.1) is 10.8 Å². The van der Waals surface area contributed by atoms with Crippen LogP contribution in [0.3, 0.4) is 0 Å². The third-order valence-corrected chi connectivity index (χ3v) is 5.59. The van der Waals surface area contributed by atoms with Gasteiger partial charge in [0.25, 0.3) is 5.91 Å². The first-order valence-electron chi connectivity index (χ1n) is 8.75. The van der Waals surface area contributed by atoms with E-state index in [0.29, 0.717) is 11.5 Å². The van der Waals surface area contributed by atoms with Gasteiger partial charge in [-0.15, -0.1) is 0 Å². The van der Waals surface area contributed by atoms with E-state index in [1.165, 1.54) is 6.42 Å². The van der Waals surface area contributed by atoms with Crippen molar-refractivity contribution < 1.29 is 4.79 Å². The average Bonchev–Trinajstić information content (AvgIpc) is 3.12. The number of aromatic nitrogens is 2. The first kappa shape index (κ1) is 15.4. The van der Waals surface area contributed by atoms with Crippen LogP contribution in [0.25, 0.3) is 5.69 Å². The average molecular weight is 323 g/mol. The molecule has 1 aliphatic heterocycles. The lowest BCUT2D eigenvalue weighted by Crippen LogP contribution is -2.37. The van der Waals surface area contributed by atoms with Crippen LogP contribution >= 0.6 is 0 Å². The van der Waals surface area contributed by atoms with E-state index < -0.39 is 0 Å². The predicted molar refractivity (Wildman–Crippen MR) is 94.1 cm³/mol. The van der Waals surface area contributed by atoms with E-state index >= 15 is 0 Å². The summed E-state index contributed by atoms with van der Waals surface area (Å²) in [5, 5.41) is 0. The van der Waals surface area contributed by atoms with E-state index in [1.807, 2.05) is 35.0 Å². The molecule has 1 aromatic heterocycles. The van der Waals surface area contributed by atoms with Crippen LogP contribution in [0.15, 0.2) is 43.0 Å². The topological polar surface area (TPSA) is 38.1 Å². The lowest BCUT2D eigenvalue weighted by molar-refractivity contribution is 0.0708. The van der Waals surface area contributed by atoms with Gasteiger partial charge in [-0.2, -0.15) is 0 Å². The van der Waals surface area contributed by atoms with Crippen molar-refractivity contribution in [2.45, 2.75) is 46.1 Å². The van der Waals surface area contributed by atoms with Crippen LogP contribution in [0.1, 0.15) is 50.4 Å². The van der Waals surface area contributed by atoms with Gasteiger partial charge in [-0.05, 0) is 54.4 Å². The molecule has 1 aromatic carbocycles. The van der Waals surface area contributed by atoms with Gasteiger partial charge < -0.3 is 9.47 Å². The van der Waals surface area contributed by atoms with Crippen molar-refractivity contribution in [3.05, 3.63) is 48.5 Å². The molecule has 0 radical (unpaired) electrons. The lowest BCUT2D eigenvalue weighted by atomic mass is 9.65. The Morgan fingerprint density at radius 3 is 2.58 bits per heavy atom. The molecule has 1 aliphatic carbocycles. The van der Waals surface area contributed by atoms with E-state index in [9.17, 15) is 4.79 Å². The van der Waals surface area contributed by atoms with Gasteiger partial charge >= 0.3 is 0 Å². The third kappa shape index (κ3) is 2.64. The normalized spacial score (nSPS) is 28.1. The van der Waals surface area contributed by atoms with Crippen molar-refractivity contribution in [3.8, 4) is 5.69 Å². The SMILES string of the molecule is CC1(C)CC2CC(C)(CN2C(=O)c2ccc(-n3ccnc3)cc2)C1. The number of likely N-dealkylation sites (tertiary alicyclic amines) is 1. The molecule has 0 spiro atoms. The molecule has 2 bridgehead atoms. The third-order valence-electron chi connectivity index (χ3n) is 5.59. The second kappa shape index (κ2) is 5.20. The number of imidazole rings is 1. The van der Waals surface area contributed by atoms with Crippen LogP contribution in [-0.4, -0.2) is 32.9 Å². The molecule has 1 saturated heterocycles. The number of hydrogen-bond acceptors (Lipinski definition) is 2. The molecule has 2 aliphatic rings. The maximum Gasteiger partial charge on any atom is 0.254 e. The molecule has 4 nitrogen and oxygen atoms in total. The molecule has 1 saturated carbocycles. The highest BCUT2D eigenvalue weighted by Crippen LogP contribution is 2.52. The van der Waals surface area contributed by atoms with Gasteiger partial charge in [0, 0.05) is 36.2 Å². The highest BCUT2D eigenvalue weighted by atomic mass is 16.2. The van der Waals surface area contributed by atoms with Crippen molar-refractivity contribution in [1.82, 2.24) is 14.5 Å². The predicted octanol–water partition coefficient (Wildman–Crippen LogP) is 3.91. The Morgan fingerprint density at radius 2 is 1.92 bits per heavy atom. The summed E-state index contributed by atoms with van der Waals surface area (Å²) in [6.07, 6.45) is 8.90. The number of hydrogen-bond donors (Lipinski definition) is 0. The minimum atomic E-state index is 0.179. The smallest absolute Gasteiger partial charge is 0.254 e. The summed E-state index contributed by atoms with van der Waals surface area (Å²) in [5.74, 6) is 0.179. The van der Waals surface area contributed by atoms with Gasteiger partial charge in [-0.1, -0.05) is 20.8 Å². The van der Waals surface area contributed by atoms with Crippen molar-refractivity contribution in [3.63, 3.8) is 0 Å². The molecule has 4 heteroatoms. The molecule has 126 valence electrons. The van der Waals surface area contributed by atoms with Crippen LogP contribution in [0.2, 0.25) is 0 Å². The quantitative estimate of drug-likeness (QED) is 0.840. The highest BCUT2D eigenvalue weighted by molar-refractivity contribution is 5.95. The summed E-state index contributed by atoms with van der Waals surface area (Å²) in [4.78, 5) is 19.2. The summed E-state index contributed by atoms with van der Waals surface area (Å²) in [7, 11) is 0. The zero-order valence-corrected chi connectivity index (χ0v) is 14.7. The molecule has 24 heavy (non-hydrogen) atoms. The zero-order chi connectivity index (χ0) is 16.9. The van der Waals surface area contributed by atoms with Crippen molar-refractivity contribution >= 4 is 5.91 Å². The summed E-state index contributed by atoms with van der Waals surface area (Å²) in [6, 6.07) is 8.24. The van der Waals surface area contributed by atoms with Gasteiger partial charge in [0.05, 0.1) is 6.33 Å². The van der Waals surface area contributed by atoms with Gasteiger partial charge in [-0.25, -0.2) is 4.98 Å². The monoisotopic (exact) mass is 323 g/mol. The summed E-state index contributed by atoms with van der Waals surface area (Å²) < 4.78 is 1.95. The molecule has 2 aromatic rings. The van der Waals surface area contributed by atoms with Gasteiger partial charge in [0.1, 0.15) is 0 Å². The van der Waals surface area contributed by atoms with E-state index in [0.717, 1.165) is 30.6 Å². The Labute approximate surface area is 143 Å². The van der Waals surface area contributed by atoms with E-state index in [-0.39, 0.29) is 11.3 Å². The molecular weight excluding hydrogens is 298 g/mol.